The molecule has 0 aromatic carbocycles. The van der Waals surface area contributed by atoms with E-state index in [0.29, 0.717) is 26.2 Å². The average molecular weight is 323 g/mol. The third kappa shape index (κ3) is 5.25. The number of nitrogens with zero attached hydrogens (tertiary/aromatic N) is 2. The summed E-state index contributed by atoms with van der Waals surface area (Å²) in [5.41, 5.74) is 0. The Labute approximate surface area is 123 Å². The molecule has 1 aromatic heterocycles. The Balaban J connectivity index is 1.68. The van der Waals surface area contributed by atoms with Crippen LogP contribution in [-0.2, 0) is 6.54 Å². The predicted octanol–water partition coefficient (Wildman–Crippen LogP) is 2.63. The molecule has 1 fully saturated rings. The van der Waals surface area contributed by atoms with E-state index in [1.807, 2.05) is 0 Å². The van der Waals surface area contributed by atoms with Gasteiger partial charge in [0.05, 0.1) is 11.5 Å². The fraction of sp³-hybridized carbons (Fsp3) is 0.667. The minimum Gasteiger partial charge on any atom is -0.312 e. The fourth-order valence-electron chi connectivity index (χ4n) is 2.44. The summed E-state index contributed by atoms with van der Waals surface area (Å²) in [6.07, 6.45) is -3.40. The van der Waals surface area contributed by atoms with Gasteiger partial charge in [0.15, 0.2) is 0 Å². The van der Waals surface area contributed by atoms with Crippen molar-refractivity contribution in [3.05, 3.63) is 27.1 Å². The summed E-state index contributed by atoms with van der Waals surface area (Å²) in [5.74, 6) is 0.197. The number of nitrogens with one attached hydrogen (secondary N) is 1. The van der Waals surface area contributed by atoms with Crippen molar-refractivity contribution in [2.75, 3.05) is 26.2 Å². The van der Waals surface area contributed by atoms with E-state index in [1.165, 1.54) is 11.0 Å². The van der Waals surface area contributed by atoms with Crippen molar-refractivity contribution < 1.29 is 18.1 Å². The Hall–Kier alpha value is -1.19. The zero-order valence-electron chi connectivity index (χ0n) is 11.2. The molecule has 1 aliphatic rings. The number of halogens is 3. The van der Waals surface area contributed by atoms with Crippen LogP contribution in [0.25, 0.3) is 0 Å². The molecular weight excluding hydrogens is 307 g/mol. The molecule has 118 valence electrons. The molecule has 21 heavy (non-hydrogen) atoms. The first-order chi connectivity index (χ1) is 9.83. The summed E-state index contributed by atoms with van der Waals surface area (Å²) in [4.78, 5) is 12.4. The van der Waals surface area contributed by atoms with Crippen LogP contribution in [0.5, 0.6) is 0 Å². The summed E-state index contributed by atoms with van der Waals surface area (Å²) in [6.45, 7) is 1.20. The molecule has 0 amide bonds. The Morgan fingerprint density at radius 1 is 1.48 bits per heavy atom. The molecule has 0 bridgehead atoms. The second-order valence-corrected chi connectivity index (χ2v) is 6.28. The van der Waals surface area contributed by atoms with Crippen molar-refractivity contribution in [2.45, 2.75) is 19.1 Å². The predicted molar refractivity (Wildman–Crippen MR) is 73.3 cm³/mol. The molecule has 0 saturated carbocycles. The Bertz CT molecular complexity index is 492. The number of alkyl halides is 3. The van der Waals surface area contributed by atoms with Crippen molar-refractivity contribution >= 4 is 16.3 Å². The van der Waals surface area contributed by atoms with Crippen LogP contribution in [0.3, 0.4) is 0 Å². The van der Waals surface area contributed by atoms with E-state index >= 15 is 0 Å². The second-order valence-electron chi connectivity index (χ2n) is 5.13. The number of likely N-dealkylation sites (tertiary alicyclic amines) is 1. The van der Waals surface area contributed by atoms with Crippen LogP contribution in [0.15, 0.2) is 12.1 Å². The minimum absolute atomic E-state index is 0.101. The maximum absolute atomic E-state index is 12.3. The number of thiophene rings is 1. The van der Waals surface area contributed by atoms with Crippen LogP contribution in [-0.4, -0.2) is 42.2 Å². The zero-order valence-corrected chi connectivity index (χ0v) is 12.0. The number of nitro groups is 1. The molecule has 2 rings (SSSR count). The van der Waals surface area contributed by atoms with Gasteiger partial charge in [-0.05, 0) is 31.5 Å². The molecule has 1 unspecified atom stereocenters. The van der Waals surface area contributed by atoms with Crippen LogP contribution < -0.4 is 5.32 Å². The van der Waals surface area contributed by atoms with Crippen molar-refractivity contribution in [3.63, 3.8) is 0 Å². The topological polar surface area (TPSA) is 58.4 Å². The average Bonchev–Trinajstić information content (AvgIpc) is 2.97. The highest BCUT2D eigenvalue weighted by Crippen LogP contribution is 2.24. The van der Waals surface area contributed by atoms with Crippen LogP contribution >= 0.6 is 11.3 Å². The molecule has 0 aliphatic carbocycles. The quantitative estimate of drug-likeness (QED) is 0.646. The van der Waals surface area contributed by atoms with E-state index in [9.17, 15) is 23.3 Å². The number of hydrogen-bond donors (Lipinski definition) is 1. The standard InChI is InChI=1S/C12H16F3N3O2S/c13-12(14,15)8-17-4-3-9(7-17)5-16-6-10-1-2-11(21-10)18(19)20/h1-2,9,16H,3-8H2. The van der Waals surface area contributed by atoms with Crippen molar-refractivity contribution in [3.8, 4) is 0 Å². The smallest absolute Gasteiger partial charge is 0.312 e. The van der Waals surface area contributed by atoms with Gasteiger partial charge in [0.2, 0.25) is 0 Å². The van der Waals surface area contributed by atoms with Gasteiger partial charge in [-0.2, -0.15) is 13.2 Å². The highest BCUT2D eigenvalue weighted by atomic mass is 32.1. The lowest BCUT2D eigenvalue weighted by molar-refractivity contribution is -0.380. The molecular formula is C12H16F3N3O2S. The van der Waals surface area contributed by atoms with Gasteiger partial charge in [-0.3, -0.25) is 15.0 Å². The lowest BCUT2D eigenvalue weighted by Crippen LogP contribution is -2.33. The van der Waals surface area contributed by atoms with E-state index in [4.69, 9.17) is 0 Å². The van der Waals surface area contributed by atoms with Gasteiger partial charge >= 0.3 is 11.2 Å². The highest BCUT2D eigenvalue weighted by molar-refractivity contribution is 7.15. The SMILES string of the molecule is O=[N+]([O-])c1ccc(CNCC2CCN(CC(F)(F)F)C2)s1. The van der Waals surface area contributed by atoms with Gasteiger partial charge in [0.1, 0.15) is 0 Å². The van der Waals surface area contributed by atoms with Crippen molar-refractivity contribution in [2.24, 2.45) is 5.92 Å². The van der Waals surface area contributed by atoms with Crippen LogP contribution in [0.4, 0.5) is 18.2 Å². The van der Waals surface area contributed by atoms with Gasteiger partial charge in [-0.25, -0.2) is 0 Å². The minimum atomic E-state index is -4.14. The van der Waals surface area contributed by atoms with Gasteiger partial charge in [-0.15, -0.1) is 0 Å². The Morgan fingerprint density at radius 2 is 2.24 bits per heavy atom. The molecule has 1 N–H and O–H groups in total. The van der Waals surface area contributed by atoms with Crippen LogP contribution in [0, 0.1) is 16.0 Å². The van der Waals surface area contributed by atoms with Crippen LogP contribution in [0.2, 0.25) is 0 Å². The lowest BCUT2D eigenvalue weighted by Gasteiger charge is -2.17. The fourth-order valence-corrected chi connectivity index (χ4v) is 3.23. The molecule has 1 saturated heterocycles. The zero-order chi connectivity index (χ0) is 15.5. The lowest BCUT2D eigenvalue weighted by atomic mass is 10.1. The van der Waals surface area contributed by atoms with Gasteiger partial charge in [0.25, 0.3) is 0 Å². The first kappa shape index (κ1) is 16.2. The molecule has 1 aliphatic heterocycles. The Kier molecular flexibility index (Phi) is 5.17. The molecule has 1 aromatic rings. The Morgan fingerprint density at radius 3 is 2.86 bits per heavy atom. The molecule has 0 spiro atoms. The maximum Gasteiger partial charge on any atom is 0.401 e. The summed E-state index contributed by atoms with van der Waals surface area (Å²) < 4.78 is 36.8. The first-order valence-corrected chi connectivity index (χ1v) is 7.38. The van der Waals surface area contributed by atoms with E-state index < -0.39 is 17.6 Å². The monoisotopic (exact) mass is 323 g/mol. The van der Waals surface area contributed by atoms with Crippen molar-refractivity contribution in [1.82, 2.24) is 10.2 Å². The largest absolute Gasteiger partial charge is 0.401 e. The summed E-state index contributed by atoms with van der Waals surface area (Å²) >= 11 is 1.11. The molecule has 9 heteroatoms. The summed E-state index contributed by atoms with van der Waals surface area (Å²) in [7, 11) is 0. The van der Waals surface area contributed by atoms with Gasteiger partial charge in [-0.1, -0.05) is 11.3 Å². The third-order valence-corrected chi connectivity index (χ3v) is 4.37. The molecule has 1 atom stereocenters. The van der Waals surface area contributed by atoms with Crippen LogP contribution in [0.1, 0.15) is 11.3 Å². The van der Waals surface area contributed by atoms with Gasteiger partial charge < -0.3 is 5.32 Å². The molecule has 2 heterocycles. The summed E-state index contributed by atoms with van der Waals surface area (Å²) in [5, 5.41) is 13.8. The third-order valence-electron chi connectivity index (χ3n) is 3.33. The van der Waals surface area contributed by atoms with Crippen molar-refractivity contribution in [1.29, 1.82) is 0 Å². The van der Waals surface area contributed by atoms with E-state index in [2.05, 4.69) is 5.32 Å². The summed E-state index contributed by atoms with van der Waals surface area (Å²) in [6, 6.07) is 3.16. The maximum atomic E-state index is 12.3. The van der Waals surface area contributed by atoms with E-state index in [1.54, 1.807) is 6.07 Å². The number of hydrogen-bond acceptors (Lipinski definition) is 5. The highest BCUT2D eigenvalue weighted by Gasteiger charge is 2.34. The van der Waals surface area contributed by atoms with E-state index in [-0.39, 0.29) is 10.9 Å². The van der Waals surface area contributed by atoms with E-state index in [0.717, 1.165) is 22.6 Å². The van der Waals surface area contributed by atoms with Gasteiger partial charge in [0, 0.05) is 24.0 Å². The molecule has 5 nitrogen and oxygen atoms in total. The normalized spacial score (nSPS) is 20.0. The second kappa shape index (κ2) is 6.71. The molecule has 0 radical (unpaired) electrons. The number of rotatable bonds is 6. The first-order valence-electron chi connectivity index (χ1n) is 6.56.